The Morgan fingerprint density at radius 3 is 3.05 bits per heavy atom. The molecule has 0 aliphatic heterocycles. The molecule has 0 aliphatic carbocycles. The maximum absolute atomic E-state index is 8.64. The highest BCUT2D eigenvalue weighted by atomic mass is 32.1. The standard InChI is InChI=1S/C14H21N3O2S/c1-17-7-6-16-14(17)13(12-4-2-11-20-12)15-5-3-9-19-10-8-18/h2,4,6-7,11,13,15,18H,3,5,8-10H2,1H3. The van der Waals surface area contributed by atoms with Crippen LogP contribution in [-0.2, 0) is 11.8 Å². The first-order valence-corrected chi connectivity index (χ1v) is 7.63. The van der Waals surface area contributed by atoms with Crippen LogP contribution >= 0.6 is 11.3 Å². The van der Waals surface area contributed by atoms with Crippen LogP contribution in [0.25, 0.3) is 0 Å². The number of aliphatic hydroxyl groups excluding tert-OH is 1. The molecule has 0 spiro atoms. The van der Waals surface area contributed by atoms with E-state index in [0.717, 1.165) is 18.8 Å². The van der Waals surface area contributed by atoms with Crippen molar-refractivity contribution in [2.75, 3.05) is 26.4 Å². The summed E-state index contributed by atoms with van der Waals surface area (Å²) < 4.78 is 7.30. The van der Waals surface area contributed by atoms with E-state index in [1.807, 2.05) is 24.0 Å². The third kappa shape index (κ3) is 4.14. The Morgan fingerprint density at radius 1 is 1.50 bits per heavy atom. The number of aromatic nitrogens is 2. The minimum Gasteiger partial charge on any atom is -0.394 e. The Kier molecular flexibility index (Phi) is 6.20. The lowest BCUT2D eigenvalue weighted by atomic mass is 10.2. The van der Waals surface area contributed by atoms with Crippen LogP contribution in [0.2, 0.25) is 0 Å². The van der Waals surface area contributed by atoms with E-state index >= 15 is 0 Å². The smallest absolute Gasteiger partial charge is 0.131 e. The fraction of sp³-hybridized carbons (Fsp3) is 0.500. The van der Waals surface area contributed by atoms with Crippen LogP contribution in [0, 0.1) is 0 Å². The van der Waals surface area contributed by atoms with Gasteiger partial charge in [-0.3, -0.25) is 0 Å². The molecule has 0 aliphatic rings. The van der Waals surface area contributed by atoms with Crippen LogP contribution in [0.4, 0.5) is 0 Å². The minimum absolute atomic E-state index is 0.0819. The zero-order valence-electron chi connectivity index (χ0n) is 11.7. The van der Waals surface area contributed by atoms with Crippen molar-refractivity contribution in [3.63, 3.8) is 0 Å². The van der Waals surface area contributed by atoms with Crippen LogP contribution in [0.5, 0.6) is 0 Å². The predicted octanol–water partition coefficient (Wildman–Crippen LogP) is 1.56. The molecule has 0 saturated heterocycles. The van der Waals surface area contributed by atoms with Crippen LogP contribution in [0.1, 0.15) is 23.2 Å². The number of hydrogen-bond donors (Lipinski definition) is 2. The van der Waals surface area contributed by atoms with Crippen molar-refractivity contribution in [3.8, 4) is 0 Å². The second-order valence-corrected chi connectivity index (χ2v) is 5.47. The number of nitrogens with zero attached hydrogens (tertiary/aromatic N) is 2. The van der Waals surface area contributed by atoms with Gasteiger partial charge in [0.15, 0.2) is 0 Å². The van der Waals surface area contributed by atoms with Gasteiger partial charge in [0.1, 0.15) is 11.9 Å². The summed E-state index contributed by atoms with van der Waals surface area (Å²) in [5, 5.41) is 14.2. The highest BCUT2D eigenvalue weighted by Gasteiger charge is 2.18. The monoisotopic (exact) mass is 295 g/mol. The molecule has 6 heteroatoms. The second kappa shape index (κ2) is 8.16. The molecule has 0 aromatic carbocycles. The number of imidazole rings is 1. The van der Waals surface area contributed by atoms with Crippen molar-refractivity contribution < 1.29 is 9.84 Å². The summed E-state index contributed by atoms with van der Waals surface area (Å²) in [6.45, 7) is 2.00. The molecule has 2 aromatic heterocycles. The number of nitrogens with one attached hydrogen (secondary N) is 1. The number of rotatable bonds is 9. The first kappa shape index (κ1) is 15.2. The van der Waals surface area contributed by atoms with Gasteiger partial charge >= 0.3 is 0 Å². The van der Waals surface area contributed by atoms with Crippen molar-refractivity contribution in [1.82, 2.24) is 14.9 Å². The fourth-order valence-corrected chi connectivity index (χ4v) is 2.81. The Balaban J connectivity index is 1.90. The molecule has 0 bridgehead atoms. The summed E-state index contributed by atoms with van der Waals surface area (Å²) in [4.78, 5) is 5.70. The summed E-state index contributed by atoms with van der Waals surface area (Å²) >= 11 is 1.73. The zero-order chi connectivity index (χ0) is 14.2. The van der Waals surface area contributed by atoms with E-state index in [1.54, 1.807) is 11.3 Å². The Bertz CT molecular complexity index is 484. The third-order valence-electron chi connectivity index (χ3n) is 2.99. The van der Waals surface area contributed by atoms with E-state index in [1.165, 1.54) is 4.88 Å². The topological polar surface area (TPSA) is 59.3 Å². The SMILES string of the molecule is Cn1ccnc1C(NCCCOCCO)c1cccs1. The van der Waals surface area contributed by atoms with E-state index in [-0.39, 0.29) is 12.6 Å². The molecule has 0 saturated carbocycles. The van der Waals surface area contributed by atoms with Crippen LogP contribution in [-0.4, -0.2) is 41.0 Å². The molecule has 20 heavy (non-hydrogen) atoms. The molecular weight excluding hydrogens is 274 g/mol. The van der Waals surface area contributed by atoms with Gasteiger partial charge in [0.05, 0.1) is 13.2 Å². The number of thiophene rings is 1. The number of aliphatic hydroxyl groups is 1. The number of hydrogen-bond acceptors (Lipinski definition) is 5. The van der Waals surface area contributed by atoms with E-state index in [4.69, 9.17) is 9.84 Å². The molecule has 2 rings (SSSR count). The van der Waals surface area contributed by atoms with E-state index in [2.05, 4.69) is 27.8 Å². The zero-order valence-corrected chi connectivity index (χ0v) is 12.5. The molecule has 1 unspecified atom stereocenters. The van der Waals surface area contributed by atoms with Crippen LogP contribution in [0.15, 0.2) is 29.9 Å². The van der Waals surface area contributed by atoms with Crippen molar-refractivity contribution >= 4 is 11.3 Å². The number of aryl methyl sites for hydroxylation is 1. The molecule has 2 aromatic rings. The molecule has 110 valence electrons. The van der Waals surface area contributed by atoms with Crippen molar-refractivity contribution in [2.24, 2.45) is 7.05 Å². The molecule has 0 amide bonds. The molecular formula is C14H21N3O2S. The molecule has 2 N–H and O–H groups in total. The van der Waals surface area contributed by atoms with Crippen molar-refractivity contribution in [1.29, 1.82) is 0 Å². The fourth-order valence-electron chi connectivity index (χ4n) is 2.02. The van der Waals surface area contributed by atoms with Crippen molar-refractivity contribution in [3.05, 3.63) is 40.6 Å². The first-order chi connectivity index (χ1) is 9.83. The lowest BCUT2D eigenvalue weighted by Crippen LogP contribution is -2.26. The molecule has 0 radical (unpaired) electrons. The molecule has 2 heterocycles. The minimum atomic E-state index is 0.0819. The van der Waals surface area contributed by atoms with E-state index < -0.39 is 0 Å². The Labute approximate surface area is 123 Å². The van der Waals surface area contributed by atoms with Gasteiger partial charge in [0, 0.05) is 30.9 Å². The summed E-state index contributed by atoms with van der Waals surface area (Å²) in [6, 6.07) is 4.30. The summed E-state index contributed by atoms with van der Waals surface area (Å²) in [7, 11) is 2.01. The van der Waals surface area contributed by atoms with Gasteiger partial charge < -0.3 is 19.7 Å². The van der Waals surface area contributed by atoms with Gasteiger partial charge in [-0.05, 0) is 24.4 Å². The van der Waals surface area contributed by atoms with Crippen LogP contribution < -0.4 is 5.32 Å². The normalized spacial score (nSPS) is 12.7. The second-order valence-electron chi connectivity index (χ2n) is 4.49. The maximum Gasteiger partial charge on any atom is 0.131 e. The van der Waals surface area contributed by atoms with Gasteiger partial charge in [-0.15, -0.1) is 11.3 Å². The van der Waals surface area contributed by atoms with E-state index in [0.29, 0.717) is 13.2 Å². The van der Waals surface area contributed by atoms with Crippen molar-refractivity contribution in [2.45, 2.75) is 12.5 Å². The highest BCUT2D eigenvalue weighted by molar-refractivity contribution is 7.10. The number of ether oxygens (including phenoxy) is 1. The summed E-state index contributed by atoms with van der Waals surface area (Å²) in [5.41, 5.74) is 0. The highest BCUT2D eigenvalue weighted by Crippen LogP contribution is 2.24. The van der Waals surface area contributed by atoms with Gasteiger partial charge in [-0.2, -0.15) is 0 Å². The maximum atomic E-state index is 8.64. The first-order valence-electron chi connectivity index (χ1n) is 6.75. The quantitative estimate of drug-likeness (QED) is 0.689. The predicted molar refractivity (Wildman–Crippen MR) is 79.9 cm³/mol. The van der Waals surface area contributed by atoms with Gasteiger partial charge in [-0.1, -0.05) is 6.07 Å². The van der Waals surface area contributed by atoms with Crippen LogP contribution in [0.3, 0.4) is 0 Å². The third-order valence-corrected chi connectivity index (χ3v) is 3.93. The lowest BCUT2D eigenvalue weighted by molar-refractivity contribution is 0.0905. The average Bonchev–Trinajstić information content (AvgIpc) is 3.10. The van der Waals surface area contributed by atoms with Gasteiger partial charge in [0.25, 0.3) is 0 Å². The summed E-state index contributed by atoms with van der Waals surface area (Å²) in [6.07, 6.45) is 4.69. The molecule has 1 atom stereocenters. The summed E-state index contributed by atoms with van der Waals surface area (Å²) in [5.74, 6) is 1.02. The Hall–Kier alpha value is -1.21. The largest absolute Gasteiger partial charge is 0.394 e. The molecule has 5 nitrogen and oxygen atoms in total. The van der Waals surface area contributed by atoms with Gasteiger partial charge in [0.2, 0.25) is 0 Å². The average molecular weight is 295 g/mol. The van der Waals surface area contributed by atoms with Gasteiger partial charge in [-0.25, -0.2) is 4.98 Å². The lowest BCUT2D eigenvalue weighted by Gasteiger charge is -2.17. The Morgan fingerprint density at radius 2 is 2.40 bits per heavy atom. The molecule has 0 fully saturated rings. The van der Waals surface area contributed by atoms with E-state index in [9.17, 15) is 0 Å².